The van der Waals surface area contributed by atoms with Crippen molar-refractivity contribution >= 4 is 11.7 Å². The molecule has 0 aliphatic rings. The fourth-order valence-corrected chi connectivity index (χ4v) is 2.87. The summed E-state index contributed by atoms with van der Waals surface area (Å²) >= 11 is 0. The summed E-state index contributed by atoms with van der Waals surface area (Å²) in [6.45, 7) is 2.56. The van der Waals surface area contributed by atoms with Gasteiger partial charge in [0.05, 0.1) is 17.8 Å². The summed E-state index contributed by atoms with van der Waals surface area (Å²) in [7, 11) is 0. The van der Waals surface area contributed by atoms with Crippen LogP contribution in [0.2, 0.25) is 0 Å². The van der Waals surface area contributed by atoms with E-state index in [1.165, 1.54) is 0 Å². The van der Waals surface area contributed by atoms with Crippen molar-refractivity contribution in [3.63, 3.8) is 0 Å². The third kappa shape index (κ3) is 6.18. The average molecular weight is 404 g/mol. The molecule has 154 valence electrons. The fourth-order valence-electron chi connectivity index (χ4n) is 2.87. The third-order valence-corrected chi connectivity index (χ3v) is 4.32. The van der Waals surface area contributed by atoms with Crippen LogP contribution in [-0.2, 0) is 16.1 Å². The molecule has 0 amide bonds. The van der Waals surface area contributed by atoms with Gasteiger partial charge in [-0.3, -0.25) is 20.1 Å². The minimum atomic E-state index is -0.871. The molecule has 3 rings (SSSR count). The second kappa shape index (κ2) is 10.8. The molecule has 0 bridgehead atoms. The minimum absolute atomic E-state index is 0.0307. The molecule has 3 aromatic rings. The summed E-state index contributed by atoms with van der Waals surface area (Å²) in [5.41, 5.74) is 7.34. The van der Waals surface area contributed by atoms with Crippen molar-refractivity contribution in [2.45, 2.75) is 13.3 Å². The number of hydrogen-bond donors (Lipinski definition) is 2. The second-order valence-corrected chi connectivity index (χ2v) is 6.52. The number of carboxylic acid groups (broad SMARTS) is 1. The molecule has 0 saturated heterocycles. The number of carboxylic acids is 1. The van der Waals surface area contributed by atoms with E-state index in [0.717, 1.165) is 22.5 Å². The monoisotopic (exact) mass is 404 g/mol. The van der Waals surface area contributed by atoms with Crippen LogP contribution in [0.1, 0.15) is 18.1 Å². The zero-order valence-electron chi connectivity index (χ0n) is 16.7. The van der Waals surface area contributed by atoms with Crippen LogP contribution >= 0.6 is 0 Å². The Morgan fingerprint density at radius 1 is 1.07 bits per heavy atom. The van der Waals surface area contributed by atoms with Crippen LogP contribution in [0.4, 0.5) is 0 Å². The highest BCUT2D eigenvalue weighted by atomic mass is 16.7. The number of nitrogens with one attached hydrogen (secondary N) is 1. The van der Waals surface area contributed by atoms with Crippen LogP contribution in [0.25, 0.3) is 17.0 Å². The number of pyridine rings is 1. The highest BCUT2D eigenvalue weighted by Gasteiger charge is 2.05. The van der Waals surface area contributed by atoms with Crippen molar-refractivity contribution < 1.29 is 19.5 Å². The van der Waals surface area contributed by atoms with Gasteiger partial charge in [-0.15, -0.1) is 0 Å². The van der Waals surface area contributed by atoms with Crippen LogP contribution in [0, 0.1) is 0 Å². The number of rotatable bonds is 10. The van der Waals surface area contributed by atoms with E-state index in [4.69, 9.17) is 14.7 Å². The number of hydroxylamine groups is 1. The van der Waals surface area contributed by atoms with E-state index in [-0.39, 0.29) is 6.42 Å². The van der Waals surface area contributed by atoms with Crippen molar-refractivity contribution in [2.75, 3.05) is 13.2 Å². The lowest BCUT2D eigenvalue weighted by molar-refractivity contribution is -0.136. The van der Waals surface area contributed by atoms with Gasteiger partial charge in [0.25, 0.3) is 0 Å². The molecule has 1 aromatic heterocycles. The maximum absolute atomic E-state index is 10.8. The Bertz CT molecular complexity index is 986. The molecule has 6 heteroatoms. The number of nitrogens with zero attached hydrogens (tertiary/aromatic N) is 1. The Labute approximate surface area is 175 Å². The lowest BCUT2D eigenvalue weighted by atomic mass is 10.1. The molecule has 6 nitrogen and oxygen atoms in total. The summed E-state index contributed by atoms with van der Waals surface area (Å²) in [4.78, 5) is 20.8. The summed E-state index contributed by atoms with van der Waals surface area (Å²) in [6.07, 6.45) is 3.69. The molecule has 0 fully saturated rings. The summed E-state index contributed by atoms with van der Waals surface area (Å²) in [5, 5.41) is 8.87. The molecular weight excluding hydrogens is 380 g/mol. The highest BCUT2D eigenvalue weighted by Crippen LogP contribution is 2.19. The molecule has 0 saturated carbocycles. The Morgan fingerprint density at radius 2 is 1.90 bits per heavy atom. The van der Waals surface area contributed by atoms with Gasteiger partial charge in [-0.25, -0.2) is 0 Å². The largest absolute Gasteiger partial charge is 0.491 e. The van der Waals surface area contributed by atoms with E-state index in [1.54, 1.807) is 30.5 Å². The van der Waals surface area contributed by atoms with Gasteiger partial charge < -0.3 is 9.84 Å². The highest BCUT2D eigenvalue weighted by molar-refractivity contribution is 5.70. The third-order valence-electron chi connectivity index (χ3n) is 4.32. The zero-order chi connectivity index (χ0) is 21.2. The molecule has 2 aromatic carbocycles. The van der Waals surface area contributed by atoms with E-state index in [2.05, 4.69) is 10.5 Å². The lowest BCUT2D eigenvalue weighted by Gasteiger charge is -2.12. The number of hydrogen-bond acceptors (Lipinski definition) is 5. The zero-order valence-corrected chi connectivity index (χ0v) is 16.7. The summed E-state index contributed by atoms with van der Waals surface area (Å²) in [5.74, 6) is -0.255. The van der Waals surface area contributed by atoms with Gasteiger partial charge in [0.15, 0.2) is 0 Å². The van der Waals surface area contributed by atoms with Crippen molar-refractivity contribution in [3.8, 4) is 17.0 Å². The number of ether oxygens (including phenoxy) is 1. The van der Waals surface area contributed by atoms with Crippen LogP contribution in [-0.4, -0.2) is 29.3 Å². The van der Waals surface area contributed by atoms with Crippen LogP contribution < -0.4 is 10.2 Å². The van der Waals surface area contributed by atoms with Gasteiger partial charge in [0.2, 0.25) is 0 Å². The van der Waals surface area contributed by atoms with Crippen molar-refractivity contribution in [1.82, 2.24) is 10.5 Å². The maximum atomic E-state index is 10.8. The Balaban J connectivity index is 1.46. The van der Waals surface area contributed by atoms with Crippen LogP contribution in [0.15, 0.2) is 79.0 Å². The van der Waals surface area contributed by atoms with E-state index in [9.17, 15) is 4.79 Å². The Kier molecular flexibility index (Phi) is 7.58. The topological polar surface area (TPSA) is 80.7 Å². The predicted octanol–water partition coefficient (Wildman–Crippen LogP) is 4.34. The van der Waals surface area contributed by atoms with E-state index in [0.29, 0.717) is 24.5 Å². The van der Waals surface area contributed by atoms with Gasteiger partial charge in [0.1, 0.15) is 19.0 Å². The van der Waals surface area contributed by atoms with E-state index in [1.807, 2.05) is 55.5 Å². The standard InChI is InChI=1S/C24H24N2O4/c1-2-22(20-11-12-23(25-17-20)19-8-4-3-5-9-19)26-30-14-13-29-21-10-6-7-18(15-21)16-24(27)28/h2-12,15,17,26H,13-14,16H2,1H3,(H,27,28). The molecule has 0 radical (unpaired) electrons. The SMILES string of the molecule is CC=C(NOCCOc1cccc(CC(=O)O)c1)c1ccc(-c2ccccc2)nc1. The van der Waals surface area contributed by atoms with Gasteiger partial charge >= 0.3 is 5.97 Å². The number of aliphatic carboxylic acids is 1. The van der Waals surface area contributed by atoms with Crippen molar-refractivity contribution in [3.05, 3.63) is 90.1 Å². The number of aromatic nitrogens is 1. The number of benzene rings is 2. The van der Waals surface area contributed by atoms with Gasteiger partial charge in [-0.2, -0.15) is 0 Å². The molecule has 0 aliphatic carbocycles. The molecule has 0 aliphatic heterocycles. The fraction of sp³-hybridized carbons (Fsp3) is 0.167. The molecule has 30 heavy (non-hydrogen) atoms. The quantitative estimate of drug-likeness (QED) is 0.387. The first-order chi connectivity index (χ1) is 14.7. The smallest absolute Gasteiger partial charge is 0.307 e. The molecule has 0 atom stereocenters. The van der Waals surface area contributed by atoms with E-state index >= 15 is 0 Å². The lowest BCUT2D eigenvalue weighted by Crippen LogP contribution is -2.18. The van der Waals surface area contributed by atoms with Crippen LogP contribution in [0.3, 0.4) is 0 Å². The van der Waals surface area contributed by atoms with Gasteiger partial charge in [0, 0.05) is 17.3 Å². The normalized spacial score (nSPS) is 11.2. The first-order valence-electron chi connectivity index (χ1n) is 9.65. The van der Waals surface area contributed by atoms with Crippen molar-refractivity contribution in [2.24, 2.45) is 0 Å². The predicted molar refractivity (Wildman–Crippen MR) is 116 cm³/mol. The van der Waals surface area contributed by atoms with Crippen molar-refractivity contribution in [1.29, 1.82) is 0 Å². The summed E-state index contributed by atoms with van der Waals surface area (Å²) in [6, 6.07) is 21.0. The Hall–Kier alpha value is -3.64. The molecule has 0 spiro atoms. The van der Waals surface area contributed by atoms with Gasteiger partial charge in [-0.05, 0) is 36.8 Å². The Morgan fingerprint density at radius 3 is 2.60 bits per heavy atom. The maximum Gasteiger partial charge on any atom is 0.307 e. The number of carbonyl (C=O) groups is 1. The molecular formula is C24H24N2O4. The first kappa shape index (κ1) is 21.1. The van der Waals surface area contributed by atoms with Crippen LogP contribution in [0.5, 0.6) is 5.75 Å². The second-order valence-electron chi connectivity index (χ2n) is 6.52. The minimum Gasteiger partial charge on any atom is -0.491 e. The number of allylic oxidation sites excluding steroid dienone is 1. The molecule has 1 heterocycles. The molecule has 2 N–H and O–H groups in total. The first-order valence-corrected chi connectivity index (χ1v) is 9.65. The van der Waals surface area contributed by atoms with E-state index < -0.39 is 5.97 Å². The van der Waals surface area contributed by atoms with Gasteiger partial charge in [-0.1, -0.05) is 48.5 Å². The average Bonchev–Trinajstić information content (AvgIpc) is 2.77. The molecule has 0 unspecified atom stereocenters. The summed E-state index contributed by atoms with van der Waals surface area (Å²) < 4.78 is 5.62.